The topological polar surface area (TPSA) is 76.7 Å². The molecule has 2 aromatic rings. The zero-order valence-electron chi connectivity index (χ0n) is 16.3. The van der Waals surface area contributed by atoms with E-state index in [-0.39, 0.29) is 11.8 Å². The number of ether oxygens (including phenoxy) is 2. The molecule has 3 rings (SSSR count). The number of carbonyl (C=O) groups excluding carboxylic acids is 2. The Labute approximate surface area is 165 Å². The summed E-state index contributed by atoms with van der Waals surface area (Å²) >= 11 is 0. The van der Waals surface area contributed by atoms with Crippen molar-refractivity contribution in [1.82, 2.24) is 10.6 Å². The van der Waals surface area contributed by atoms with Gasteiger partial charge in [0.2, 0.25) is 0 Å². The Balaban J connectivity index is 1.55. The normalized spacial score (nSPS) is 13.8. The molecule has 1 aliphatic rings. The van der Waals surface area contributed by atoms with Crippen LogP contribution in [0.25, 0.3) is 0 Å². The van der Waals surface area contributed by atoms with E-state index < -0.39 is 0 Å². The number of methoxy groups -OCH3 is 2. The predicted octanol–water partition coefficient (Wildman–Crippen LogP) is 3.31. The maximum Gasteiger partial charge on any atom is 0.251 e. The second kappa shape index (κ2) is 9.26. The highest BCUT2D eigenvalue weighted by molar-refractivity contribution is 5.95. The Morgan fingerprint density at radius 3 is 2.18 bits per heavy atom. The average molecular weight is 382 g/mol. The van der Waals surface area contributed by atoms with Crippen LogP contribution in [0.5, 0.6) is 11.5 Å². The maximum absolute atomic E-state index is 12.4. The molecule has 0 aromatic heterocycles. The minimum Gasteiger partial charge on any atom is -0.493 e. The van der Waals surface area contributed by atoms with Gasteiger partial charge in [0.05, 0.1) is 14.2 Å². The number of nitrogens with one attached hydrogen (secondary N) is 2. The molecule has 1 fully saturated rings. The summed E-state index contributed by atoms with van der Waals surface area (Å²) in [7, 11) is 3.08. The standard InChI is InChI=1S/C22H26N2O4/c1-27-19-12-11-17(13-20(19)28-2)21(25)23-14-15-7-9-16(10-8-15)22(26)24-18-5-3-4-6-18/h7-13,18H,3-6,14H2,1-2H3,(H,23,25)(H,24,26). The average Bonchev–Trinajstić information content (AvgIpc) is 3.24. The fraction of sp³-hybridized carbons (Fsp3) is 0.364. The molecular formula is C22H26N2O4. The van der Waals surface area contributed by atoms with Crippen LogP contribution in [0.3, 0.4) is 0 Å². The zero-order valence-corrected chi connectivity index (χ0v) is 16.3. The van der Waals surface area contributed by atoms with Gasteiger partial charge in [-0.05, 0) is 48.7 Å². The summed E-state index contributed by atoms with van der Waals surface area (Å²) in [5.41, 5.74) is 2.05. The van der Waals surface area contributed by atoms with Crippen LogP contribution in [0.4, 0.5) is 0 Å². The van der Waals surface area contributed by atoms with Gasteiger partial charge >= 0.3 is 0 Å². The van der Waals surface area contributed by atoms with Crippen molar-refractivity contribution >= 4 is 11.8 Å². The minimum atomic E-state index is -0.205. The molecule has 148 valence electrons. The molecule has 0 radical (unpaired) electrons. The number of hydrogen-bond acceptors (Lipinski definition) is 4. The molecule has 0 atom stereocenters. The summed E-state index contributed by atoms with van der Waals surface area (Å²) in [5, 5.41) is 5.95. The quantitative estimate of drug-likeness (QED) is 0.770. The summed E-state index contributed by atoms with van der Waals surface area (Å²) < 4.78 is 10.4. The highest BCUT2D eigenvalue weighted by Gasteiger charge is 2.18. The molecule has 6 heteroatoms. The van der Waals surface area contributed by atoms with Crippen molar-refractivity contribution in [3.8, 4) is 11.5 Å². The van der Waals surface area contributed by atoms with Gasteiger partial charge in [0, 0.05) is 23.7 Å². The minimum absolute atomic E-state index is 0.0344. The number of rotatable bonds is 7. The molecule has 28 heavy (non-hydrogen) atoms. The second-order valence-corrected chi connectivity index (χ2v) is 6.90. The van der Waals surface area contributed by atoms with E-state index >= 15 is 0 Å². The van der Waals surface area contributed by atoms with Crippen LogP contribution >= 0.6 is 0 Å². The summed E-state index contributed by atoms with van der Waals surface area (Å²) in [6.45, 7) is 0.373. The van der Waals surface area contributed by atoms with Crippen molar-refractivity contribution in [1.29, 1.82) is 0 Å². The van der Waals surface area contributed by atoms with Crippen LogP contribution in [-0.4, -0.2) is 32.1 Å². The SMILES string of the molecule is COc1ccc(C(=O)NCc2ccc(C(=O)NC3CCCC3)cc2)cc1OC. The van der Waals surface area contributed by atoms with Crippen LogP contribution < -0.4 is 20.1 Å². The lowest BCUT2D eigenvalue weighted by atomic mass is 10.1. The lowest BCUT2D eigenvalue weighted by molar-refractivity contribution is 0.0933. The van der Waals surface area contributed by atoms with Gasteiger partial charge in [-0.3, -0.25) is 9.59 Å². The molecule has 0 aliphatic heterocycles. The molecule has 6 nitrogen and oxygen atoms in total. The third-order valence-corrected chi connectivity index (χ3v) is 5.01. The fourth-order valence-electron chi connectivity index (χ4n) is 3.37. The molecule has 0 heterocycles. The molecule has 0 bridgehead atoms. The van der Waals surface area contributed by atoms with E-state index in [9.17, 15) is 9.59 Å². The summed E-state index contributed by atoms with van der Waals surface area (Å²) in [6, 6.07) is 12.6. The lowest BCUT2D eigenvalue weighted by Gasteiger charge is -2.12. The third kappa shape index (κ3) is 4.82. The van der Waals surface area contributed by atoms with Crippen molar-refractivity contribution in [3.63, 3.8) is 0 Å². The molecule has 1 aliphatic carbocycles. The van der Waals surface area contributed by atoms with Crippen LogP contribution in [0.2, 0.25) is 0 Å². The first kappa shape index (κ1) is 19.7. The summed E-state index contributed by atoms with van der Waals surface area (Å²) in [4.78, 5) is 24.7. The largest absolute Gasteiger partial charge is 0.493 e. The Morgan fingerprint density at radius 1 is 0.893 bits per heavy atom. The van der Waals surface area contributed by atoms with Crippen molar-refractivity contribution < 1.29 is 19.1 Å². The number of benzene rings is 2. The van der Waals surface area contributed by atoms with Gasteiger partial charge in [0.1, 0.15) is 0 Å². The van der Waals surface area contributed by atoms with Crippen LogP contribution in [0, 0.1) is 0 Å². The first-order valence-electron chi connectivity index (χ1n) is 9.50. The van der Waals surface area contributed by atoms with Gasteiger partial charge in [0.25, 0.3) is 11.8 Å². The van der Waals surface area contributed by atoms with Crippen molar-refractivity contribution in [3.05, 3.63) is 59.2 Å². The summed E-state index contributed by atoms with van der Waals surface area (Å²) in [6.07, 6.45) is 4.49. The lowest BCUT2D eigenvalue weighted by Crippen LogP contribution is -2.32. The van der Waals surface area contributed by atoms with E-state index in [0.717, 1.165) is 18.4 Å². The van der Waals surface area contributed by atoms with Gasteiger partial charge in [-0.1, -0.05) is 25.0 Å². The van der Waals surface area contributed by atoms with Crippen molar-refractivity contribution in [2.24, 2.45) is 0 Å². The molecule has 0 spiro atoms. The molecule has 2 amide bonds. The number of hydrogen-bond donors (Lipinski definition) is 2. The van der Waals surface area contributed by atoms with E-state index in [1.807, 2.05) is 12.1 Å². The molecule has 2 N–H and O–H groups in total. The van der Waals surface area contributed by atoms with Gasteiger partial charge in [-0.25, -0.2) is 0 Å². The first-order valence-corrected chi connectivity index (χ1v) is 9.50. The Hall–Kier alpha value is -3.02. The third-order valence-electron chi connectivity index (χ3n) is 5.01. The van der Waals surface area contributed by atoms with Crippen LogP contribution in [-0.2, 0) is 6.54 Å². The van der Waals surface area contributed by atoms with Crippen molar-refractivity contribution in [2.75, 3.05) is 14.2 Å². The highest BCUT2D eigenvalue weighted by atomic mass is 16.5. The Bertz CT molecular complexity index is 827. The maximum atomic E-state index is 12.4. The number of carbonyl (C=O) groups is 2. The molecule has 2 aromatic carbocycles. The van der Waals surface area contributed by atoms with E-state index in [2.05, 4.69) is 10.6 Å². The first-order chi connectivity index (χ1) is 13.6. The molecular weight excluding hydrogens is 356 g/mol. The molecule has 0 saturated heterocycles. The van der Waals surface area contributed by atoms with E-state index in [4.69, 9.17) is 9.47 Å². The van der Waals surface area contributed by atoms with E-state index in [1.54, 1.807) is 37.4 Å². The molecule has 1 saturated carbocycles. The van der Waals surface area contributed by atoms with Gasteiger partial charge in [-0.15, -0.1) is 0 Å². The Kier molecular flexibility index (Phi) is 6.53. The summed E-state index contributed by atoms with van der Waals surface area (Å²) in [5.74, 6) is 0.843. The molecule has 0 unspecified atom stereocenters. The van der Waals surface area contributed by atoms with Gasteiger partial charge in [-0.2, -0.15) is 0 Å². The second-order valence-electron chi connectivity index (χ2n) is 6.90. The Morgan fingerprint density at radius 2 is 1.54 bits per heavy atom. The van der Waals surface area contributed by atoms with Crippen molar-refractivity contribution in [2.45, 2.75) is 38.3 Å². The van der Waals surface area contributed by atoms with Gasteiger partial charge in [0.15, 0.2) is 11.5 Å². The zero-order chi connectivity index (χ0) is 19.9. The smallest absolute Gasteiger partial charge is 0.251 e. The number of amides is 2. The van der Waals surface area contributed by atoms with Crippen LogP contribution in [0.1, 0.15) is 52.0 Å². The highest BCUT2D eigenvalue weighted by Crippen LogP contribution is 2.27. The monoisotopic (exact) mass is 382 g/mol. The van der Waals surface area contributed by atoms with E-state index in [0.29, 0.717) is 35.2 Å². The predicted molar refractivity (Wildman–Crippen MR) is 107 cm³/mol. The fourth-order valence-corrected chi connectivity index (χ4v) is 3.37. The van der Waals surface area contributed by atoms with Crippen LogP contribution in [0.15, 0.2) is 42.5 Å². The van der Waals surface area contributed by atoms with Gasteiger partial charge < -0.3 is 20.1 Å². The van der Waals surface area contributed by atoms with E-state index in [1.165, 1.54) is 20.0 Å².